The molecule has 2 rings (SSSR count). The smallest absolute Gasteiger partial charge is 0.383 e. The molecule has 0 saturated heterocycles. The van der Waals surface area contributed by atoms with Crippen LogP contribution < -0.4 is 11.5 Å². The SMILES string of the molecule is Nc1nc(N)c2ccc(C(F)(F)F)nc2n1. The first-order valence-electron chi connectivity index (χ1n) is 4.15. The highest BCUT2D eigenvalue weighted by molar-refractivity contribution is 5.86. The molecule has 0 unspecified atom stereocenters. The van der Waals surface area contributed by atoms with Gasteiger partial charge in [-0.15, -0.1) is 0 Å². The van der Waals surface area contributed by atoms with Crippen molar-refractivity contribution in [3.8, 4) is 0 Å². The highest BCUT2D eigenvalue weighted by Gasteiger charge is 2.32. The van der Waals surface area contributed by atoms with Crippen LogP contribution in [0.25, 0.3) is 11.0 Å². The minimum absolute atomic E-state index is 0.00345. The number of rotatable bonds is 0. The number of nitrogens with two attached hydrogens (primary N) is 2. The second-order valence-electron chi connectivity index (χ2n) is 3.03. The summed E-state index contributed by atoms with van der Waals surface area (Å²) in [5.41, 5.74) is 9.51. The quantitative estimate of drug-likeness (QED) is 0.708. The molecule has 0 aliphatic carbocycles. The Labute approximate surface area is 87.3 Å². The normalized spacial score (nSPS) is 11.9. The second-order valence-corrected chi connectivity index (χ2v) is 3.03. The number of nitrogens with zero attached hydrogens (tertiary/aromatic N) is 3. The molecular formula is C8H6F3N5. The lowest BCUT2D eigenvalue weighted by molar-refractivity contribution is -0.141. The van der Waals surface area contributed by atoms with Crippen molar-refractivity contribution in [2.45, 2.75) is 6.18 Å². The minimum atomic E-state index is -4.53. The highest BCUT2D eigenvalue weighted by atomic mass is 19.4. The molecule has 2 aromatic rings. The monoisotopic (exact) mass is 229 g/mol. The van der Waals surface area contributed by atoms with Crippen molar-refractivity contribution in [1.29, 1.82) is 0 Å². The van der Waals surface area contributed by atoms with Crippen LogP contribution in [0, 0.1) is 0 Å². The molecular weight excluding hydrogens is 223 g/mol. The van der Waals surface area contributed by atoms with Crippen LogP contribution in [0.4, 0.5) is 24.9 Å². The highest BCUT2D eigenvalue weighted by Crippen LogP contribution is 2.29. The Morgan fingerprint density at radius 1 is 1.00 bits per heavy atom. The van der Waals surface area contributed by atoms with Crippen molar-refractivity contribution < 1.29 is 13.2 Å². The number of nitrogen functional groups attached to an aromatic ring is 2. The van der Waals surface area contributed by atoms with E-state index in [1.54, 1.807) is 0 Å². The minimum Gasteiger partial charge on any atom is -0.383 e. The summed E-state index contributed by atoms with van der Waals surface area (Å²) in [5, 5.41) is 0.238. The van der Waals surface area contributed by atoms with E-state index >= 15 is 0 Å². The Kier molecular flexibility index (Phi) is 2.07. The molecule has 8 heteroatoms. The summed E-state index contributed by atoms with van der Waals surface area (Å²) in [6.45, 7) is 0. The van der Waals surface area contributed by atoms with Crippen LogP contribution in [-0.2, 0) is 6.18 Å². The van der Waals surface area contributed by atoms with Gasteiger partial charge in [0.1, 0.15) is 11.5 Å². The number of anilines is 2. The topological polar surface area (TPSA) is 90.7 Å². The molecule has 0 aliphatic rings. The molecule has 0 saturated carbocycles. The molecule has 0 aliphatic heterocycles. The third kappa shape index (κ3) is 1.69. The zero-order valence-corrected chi connectivity index (χ0v) is 7.78. The molecule has 5 nitrogen and oxygen atoms in total. The lowest BCUT2D eigenvalue weighted by atomic mass is 10.2. The number of hydrogen-bond acceptors (Lipinski definition) is 5. The van der Waals surface area contributed by atoms with Crippen LogP contribution >= 0.6 is 0 Å². The summed E-state index contributed by atoms with van der Waals surface area (Å²) in [6.07, 6.45) is -4.53. The van der Waals surface area contributed by atoms with Gasteiger partial charge in [-0.05, 0) is 12.1 Å². The fourth-order valence-corrected chi connectivity index (χ4v) is 1.21. The van der Waals surface area contributed by atoms with Crippen LogP contribution in [0.1, 0.15) is 5.69 Å². The fraction of sp³-hybridized carbons (Fsp3) is 0.125. The second kappa shape index (κ2) is 3.19. The van der Waals surface area contributed by atoms with Gasteiger partial charge in [-0.25, -0.2) is 4.98 Å². The maximum Gasteiger partial charge on any atom is 0.433 e. The Morgan fingerprint density at radius 2 is 1.69 bits per heavy atom. The molecule has 0 radical (unpaired) electrons. The van der Waals surface area contributed by atoms with Gasteiger partial charge in [-0.3, -0.25) is 0 Å². The Morgan fingerprint density at radius 3 is 2.31 bits per heavy atom. The van der Waals surface area contributed by atoms with Crippen molar-refractivity contribution >= 4 is 22.8 Å². The standard InChI is InChI=1S/C8H6F3N5/c9-8(10,11)4-2-1-3-5(12)15-7(13)16-6(3)14-4/h1-2H,(H4,12,13,14,15,16). The van der Waals surface area contributed by atoms with Crippen molar-refractivity contribution in [1.82, 2.24) is 15.0 Å². The van der Waals surface area contributed by atoms with E-state index in [0.29, 0.717) is 0 Å². The molecule has 0 aromatic carbocycles. The molecule has 2 heterocycles. The predicted molar refractivity (Wildman–Crippen MR) is 51.2 cm³/mol. The zero-order valence-electron chi connectivity index (χ0n) is 7.78. The van der Waals surface area contributed by atoms with Crippen LogP contribution in [0.5, 0.6) is 0 Å². The van der Waals surface area contributed by atoms with Gasteiger partial charge in [0.05, 0.1) is 5.39 Å². The maximum atomic E-state index is 12.3. The average Bonchev–Trinajstić information content (AvgIpc) is 2.15. The maximum absolute atomic E-state index is 12.3. The molecule has 0 bridgehead atoms. The first-order chi connectivity index (χ1) is 7.38. The van der Waals surface area contributed by atoms with Crippen molar-refractivity contribution in [2.24, 2.45) is 0 Å². The lowest BCUT2D eigenvalue weighted by Crippen LogP contribution is -2.09. The van der Waals surface area contributed by atoms with Crippen molar-refractivity contribution in [2.75, 3.05) is 11.5 Å². The van der Waals surface area contributed by atoms with Gasteiger partial charge < -0.3 is 11.5 Å². The van der Waals surface area contributed by atoms with E-state index in [4.69, 9.17) is 11.5 Å². The Bertz CT molecular complexity index is 551. The predicted octanol–water partition coefficient (Wildman–Crippen LogP) is 1.21. The molecule has 2 aromatic heterocycles. The van der Waals surface area contributed by atoms with E-state index in [-0.39, 0.29) is 22.8 Å². The zero-order chi connectivity index (χ0) is 11.9. The van der Waals surface area contributed by atoms with Crippen LogP contribution in [0.15, 0.2) is 12.1 Å². The van der Waals surface area contributed by atoms with Gasteiger partial charge in [0.2, 0.25) is 5.95 Å². The summed E-state index contributed by atoms with van der Waals surface area (Å²) >= 11 is 0. The number of hydrogen-bond donors (Lipinski definition) is 2. The summed E-state index contributed by atoms with van der Waals surface area (Å²) in [4.78, 5) is 10.5. The van der Waals surface area contributed by atoms with E-state index in [1.165, 1.54) is 6.07 Å². The molecule has 0 amide bonds. The molecule has 0 fully saturated rings. The largest absolute Gasteiger partial charge is 0.433 e. The van der Waals surface area contributed by atoms with Crippen LogP contribution in [0.2, 0.25) is 0 Å². The van der Waals surface area contributed by atoms with E-state index in [9.17, 15) is 13.2 Å². The van der Waals surface area contributed by atoms with E-state index < -0.39 is 11.9 Å². The van der Waals surface area contributed by atoms with Crippen LogP contribution in [0.3, 0.4) is 0 Å². The molecule has 0 spiro atoms. The van der Waals surface area contributed by atoms with Gasteiger partial charge in [-0.2, -0.15) is 23.1 Å². The number of fused-ring (bicyclic) bond motifs is 1. The third-order valence-corrected chi connectivity index (χ3v) is 1.90. The Balaban J connectivity index is 2.71. The summed E-state index contributed by atoms with van der Waals surface area (Å²) in [5.74, 6) is -0.208. The average molecular weight is 229 g/mol. The number of alkyl halides is 3. The van der Waals surface area contributed by atoms with Gasteiger partial charge in [0.25, 0.3) is 0 Å². The van der Waals surface area contributed by atoms with Crippen molar-refractivity contribution in [3.05, 3.63) is 17.8 Å². The fourth-order valence-electron chi connectivity index (χ4n) is 1.21. The van der Waals surface area contributed by atoms with Crippen LogP contribution in [-0.4, -0.2) is 15.0 Å². The number of halogens is 3. The lowest BCUT2D eigenvalue weighted by Gasteiger charge is -2.07. The first-order valence-corrected chi connectivity index (χ1v) is 4.15. The Hall–Kier alpha value is -2.12. The summed E-state index contributed by atoms with van der Waals surface area (Å²) in [7, 11) is 0. The molecule has 0 atom stereocenters. The van der Waals surface area contributed by atoms with Crippen molar-refractivity contribution in [3.63, 3.8) is 0 Å². The van der Waals surface area contributed by atoms with E-state index in [2.05, 4.69) is 15.0 Å². The molecule has 84 valence electrons. The van der Waals surface area contributed by atoms with Gasteiger partial charge >= 0.3 is 6.18 Å². The molecule has 16 heavy (non-hydrogen) atoms. The number of aromatic nitrogens is 3. The number of pyridine rings is 1. The van der Waals surface area contributed by atoms with Gasteiger partial charge in [0, 0.05) is 0 Å². The third-order valence-electron chi connectivity index (χ3n) is 1.90. The summed E-state index contributed by atoms with van der Waals surface area (Å²) < 4.78 is 37.0. The van der Waals surface area contributed by atoms with Gasteiger partial charge in [-0.1, -0.05) is 0 Å². The van der Waals surface area contributed by atoms with E-state index in [1.807, 2.05) is 0 Å². The molecule has 4 N–H and O–H groups in total. The first kappa shape index (κ1) is 10.4. The van der Waals surface area contributed by atoms with Gasteiger partial charge in [0.15, 0.2) is 5.65 Å². The summed E-state index contributed by atoms with van der Waals surface area (Å²) in [6, 6.07) is 1.98. The van der Waals surface area contributed by atoms with E-state index in [0.717, 1.165) is 6.07 Å².